The summed E-state index contributed by atoms with van der Waals surface area (Å²) in [7, 11) is 0. The Labute approximate surface area is 89.6 Å². The lowest BCUT2D eigenvalue weighted by Gasteiger charge is -2.22. The van der Waals surface area contributed by atoms with Crippen molar-refractivity contribution >= 4 is 11.9 Å². The van der Waals surface area contributed by atoms with E-state index in [-0.39, 0.29) is 11.8 Å². The van der Waals surface area contributed by atoms with E-state index in [9.17, 15) is 9.59 Å². The lowest BCUT2D eigenvalue weighted by Crippen LogP contribution is -2.46. The molecule has 0 unspecified atom stereocenters. The van der Waals surface area contributed by atoms with Crippen LogP contribution in [-0.4, -0.2) is 36.1 Å². The fourth-order valence-corrected chi connectivity index (χ4v) is 1.41. The lowest BCUT2D eigenvalue weighted by atomic mass is 10.1. The van der Waals surface area contributed by atoms with Crippen LogP contribution in [0, 0.1) is 0 Å². The van der Waals surface area contributed by atoms with E-state index in [0.29, 0.717) is 6.54 Å². The molecule has 1 amide bonds. The molecule has 2 atom stereocenters. The minimum Gasteiger partial charge on any atom is -0.444 e. The van der Waals surface area contributed by atoms with Gasteiger partial charge in [-0.1, -0.05) is 0 Å². The molecule has 2 N–H and O–H groups in total. The maximum Gasteiger partial charge on any atom is 0.408 e. The van der Waals surface area contributed by atoms with Gasteiger partial charge in [-0.25, -0.2) is 4.79 Å². The SMILES string of the molecule is C[C@@H]1NCC(=O)[C@H]1NC(=O)OC(C)(C)C. The minimum absolute atomic E-state index is 0.00615. The first kappa shape index (κ1) is 12.0. The molecule has 0 saturated carbocycles. The summed E-state index contributed by atoms with van der Waals surface area (Å²) in [5.41, 5.74) is -0.539. The van der Waals surface area contributed by atoms with Crippen molar-refractivity contribution in [1.29, 1.82) is 0 Å². The van der Waals surface area contributed by atoms with Crippen molar-refractivity contribution in [3.05, 3.63) is 0 Å². The summed E-state index contributed by atoms with van der Waals surface area (Å²) in [4.78, 5) is 22.7. The second-order valence-electron chi connectivity index (χ2n) is 4.76. The van der Waals surface area contributed by atoms with Crippen molar-refractivity contribution in [3.8, 4) is 0 Å². The van der Waals surface area contributed by atoms with Crippen LogP contribution in [0.2, 0.25) is 0 Å². The van der Waals surface area contributed by atoms with Crippen molar-refractivity contribution < 1.29 is 14.3 Å². The molecule has 5 nitrogen and oxygen atoms in total. The van der Waals surface area contributed by atoms with Gasteiger partial charge in [0.15, 0.2) is 5.78 Å². The molecule has 1 aliphatic rings. The fourth-order valence-electron chi connectivity index (χ4n) is 1.41. The Kier molecular flexibility index (Phi) is 3.34. The molecule has 0 aliphatic carbocycles. The number of ketones is 1. The van der Waals surface area contributed by atoms with Crippen LogP contribution in [0.4, 0.5) is 4.79 Å². The zero-order valence-corrected chi connectivity index (χ0v) is 9.59. The predicted molar refractivity (Wildman–Crippen MR) is 55.6 cm³/mol. The number of carbonyl (C=O) groups excluding carboxylic acids is 2. The van der Waals surface area contributed by atoms with Gasteiger partial charge in [0.2, 0.25) is 0 Å². The van der Waals surface area contributed by atoms with Crippen LogP contribution >= 0.6 is 0 Å². The number of hydrogen-bond donors (Lipinski definition) is 2. The maximum absolute atomic E-state index is 11.4. The van der Waals surface area contributed by atoms with Crippen molar-refractivity contribution in [2.45, 2.75) is 45.4 Å². The summed E-state index contributed by atoms with van der Waals surface area (Å²) in [6.45, 7) is 7.51. The molecule has 0 aromatic heterocycles. The highest BCUT2D eigenvalue weighted by Gasteiger charge is 2.33. The second kappa shape index (κ2) is 4.18. The van der Waals surface area contributed by atoms with Crippen LogP contribution < -0.4 is 10.6 Å². The first-order chi connectivity index (χ1) is 6.79. The molecule has 0 aromatic carbocycles. The van der Waals surface area contributed by atoms with E-state index in [4.69, 9.17) is 4.74 Å². The number of hydrogen-bond acceptors (Lipinski definition) is 4. The van der Waals surface area contributed by atoms with Gasteiger partial charge in [-0.3, -0.25) is 4.79 Å². The number of nitrogens with one attached hydrogen (secondary N) is 2. The molecule has 86 valence electrons. The molecule has 0 radical (unpaired) electrons. The Bertz CT molecular complexity index is 270. The zero-order valence-electron chi connectivity index (χ0n) is 9.59. The van der Waals surface area contributed by atoms with Gasteiger partial charge in [-0.05, 0) is 27.7 Å². The number of Topliss-reactive ketones (excluding diaryl/α,β-unsaturated/α-hetero) is 1. The molecular formula is C10H18N2O3. The summed E-state index contributed by atoms with van der Waals surface area (Å²) in [5, 5.41) is 5.53. The number of carbonyl (C=O) groups is 2. The molecule has 0 aromatic rings. The number of alkyl carbamates (subject to hydrolysis) is 1. The molecule has 5 heteroatoms. The normalized spacial score (nSPS) is 26.5. The van der Waals surface area contributed by atoms with Gasteiger partial charge >= 0.3 is 6.09 Å². The average molecular weight is 214 g/mol. The third-order valence-corrected chi connectivity index (χ3v) is 2.12. The summed E-state index contributed by atoms with van der Waals surface area (Å²) >= 11 is 0. The predicted octanol–water partition coefficient (Wildman–Crippen LogP) is 0.440. The van der Waals surface area contributed by atoms with E-state index < -0.39 is 17.7 Å². The topological polar surface area (TPSA) is 67.4 Å². The second-order valence-corrected chi connectivity index (χ2v) is 4.76. The first-order valence-corrected chi connectivity index (χ1v) is 5.05. The van der Waals surface area contributed by atoms with Crippen molar-refractivity contribution in [2.75, 3.05) is 6.54 Å². The molecular weight excluding hydrogens is 196 g/mol. The highest BCUT2D eigenvalue weighted by molar-refractivity contribution is 5.91. The summed E-state index contributed by atoms with van der Waals surface area (Å²) in [6.07, 6.45) is -0.545. The Morgan fingerprint density at radius 2 is 2.13 bits per heavy atom. The largest absolute Gasteiger partial charge is 0.444 e. The number of amides is 1. The van der Waals surface area contributed by atoms with Crippen molar-refractivity contribution in [1.82, 2.24) is 10.6 Å². The van der Waals surface area contributed by atoms with Crippen LogP contribution in [0.15, 0.2) is 0 Å². The van der Waals surface area contributed by atoms with Gasteiger partial charge in [0.25, 0.3) is 0 Å². The van der Waals surface area contributed by atoms with E-state index in [1.54, 1.807) is 20.8 Å². The molecule has 0 spiro atoms. The molecule has 15 heavy (non-hydrogen) atoms. The van der Waals surface area contributed by atoms with E-state index in [1.807, 2.05) is 6.92 Å². The van der Waals surface area contributed by atoms with Crippen LogP contribution in [-0.2, 0) is 9.53 Å². The summed E-state index contributed by atoms with van der Waals surface area (Å²) in [5.74, 6) is -0.00615. The Balaban J connectivity index is 2.48. The summed E-state index contributed by atoms with van der Waals surface area (Å²) in [6, 6.07) is -0.509. The maximum atomic E-state index is 11.4. The monoisotopic (exact) mass is 214 g/mol. The Hall–Kier alpha value is -1.10. The van der Waals surface area contributed by atoms with E-state index in [2.05, 4.69) is 10.6 Å². The molecule has 1 rings (SSSR count). The zero-order chi connectivity index (χ0) is 11.6. The number of rotatable bonds is 1. The van der Waals surface area contributed by atoms with Gasteiger partial charge in [0, 0.05) is 6.04 Å². The fraction of sp³-hybridized carbons (Fsp3) is 0.800. The van der Waals surface area contributed by atoms with Crippen LogP contribution in [0.25, 0.3) is 0 Å². The van der Waals surface area contributed by atoms with Crippen molar-refractivity contribution in [2.24, 2.45) is 0 Å². The Morgan fingerprint density at radius 1 is 1.53 bits per heavy atom. The third-order valence-electron chi connectivity index (χ3n) is 2.12. The summed E-state index contributed by atoms with van der Waals surface area (Å²) < 4.78 is 5.07. The van der Waals surface area contributed by atoms with Gasteiger partial charge in [-0.2, -0.15) is 0 Å². The molecule has 1 saturated heterocycles. The Morgan fingerprint density at radius 3 is 2.53 bits per heavy atom. The van der Waals surface area contributed by atoms with E-state index >= 15 is 0 Å². The van der Waals surface area contributed by atoms with Crippen molar-refractivity contribution in [3.63, 3.8) is 0 Å². The molecule has 1 heterocycles. The van der Waals surface area contributed by atoms with Gasteiger partial charge in [0.05, 0.1) is 6.54 Å². The van der Waals surface area contributed by atoms with Gasteiger partial charge < -0.3 is 15.4 Å². The lowest BCUT2D eigenvalue weighted by molar-refractivity contribution is -0.118. The third kappa shape index (κ3) is 3.51. The van der Waals surface area contributed by atoms with E-state index in [0.717, 1.165) is 0 Å². The average Bonchev–Trinajstić information content (AvgIpc) is 2.32. The highest BCUT2D eigenvalue weighted by Crippen LogP contribution is 2.08. The van der Waals surface area contributed by atoms with E-state index in [1.165, 1.54) is 0 Å². The molecule has 1 aliphatic heterocycles. The van der Waals surface area contributed by atoms with Crippen LogP contribution in [0.5, 0.6) is 0 Å². The van der Waals surface area contributed by atoms with Gasteiger partial charge in [0.1, 0.15) is 11.6 Å². The molecule has 1 fully saturated rings. The van der Waals surface area contributed by atoms with Gasteiger partial charge in [-0.15, -0.1) is 0 Å². The first-order valence-electron chi connectivity index (χ1n) is 5.05. The smallest absolute Gasteiger partial charge is 0.408 e. The minimum atomic E-state index is -0.545. The van der Waals surface area contributed by atoms with Crippen LogP contribution in [0.1, 0.15) is 27.7 Å². The standard InChI is InChI=1S/C10H18N2O3/c1-6-8(7(13)5-11-6)12-9(14)15-10(2,3)4/h6,8,11H,5H2,1-4H3,(H,12,14)/t6-,8-/m0/s1. The van der Waals surface area contributed by atoms with Crippen LogP contribution in [0.3, 0.4) is 0 Å². The highest BCUT2D eigenvalue weighted by atomic mass is 16.6. The molecule has 0 bridgehead atoms. The quantitative estimate of drug-likeness (QED) is 0.664. The number of ether oxygens (including phenoxy) is 1.